The van der Waals surface area contributed by atoms with Crippen LogP contribution in [0.25, 0.3) is 0 Å². The highest BCUT2D eigenvalue weighted by molar-refractivity contribution is 5.92. The van der Waals surface area contributed by atoms with Gasteiger partial charge in [-0.1, -0.05) is 0 Å². The average molecular weight is 256 g/mol. The molecule has 0 unspecified atom stereocenters. The summed E-state index contributed by atoms with van der Waals surface area (Å²) in [5, 5.41) is 12.7. The lowest BCUT2D eigenvalue weighted by Gasteiger charge is -2.08. The molecule has 0 saturated heterocycles. The zero-order valence-corrected chi connectivity index (χ0v) is 9.97. The summed E-state index contributed by atoms with van der Waals surface area (Å²) in [6, 6.07) is 2.91. The molecule has 1 rings (SSSR count). The van der Waals surface area contributed by atoms with Crippen molar-refractivity contribution >= 4 is 17.3 Å². The van der Waals surface area contributed by atoms with Crippen molar-refractivity contribution in [3.63, 3.8) is 0 Å². The van der Waals surface area contributed by atoms with Crippen LogP contribution in [-0.4, -0.2) is 23.5 Å². The zero-order valence-electron chi connectivity index (χ0n) is 9.97. The zero-order chi connectivity index (χ0) is 13.7. The van der Waals surface area contributed by atoms with Crippen LogP contribution in [0, 0.1) is 15.9 Å². The van der Waals surface area contributed by atoms with Crippen LogP contribution in [0.2, 0.25) is 0 Å². The van der Waals surface area contributed by atoms with Crippen molar-refractivity contribution in [1.82, 2.24) is 0 Å². The normalized spacial score (nSPS) is 10.4. The largest absolute Gasteiger partial charge is 0.369 e. The molecule has 1 N–H and O–H groups in total. The fraction of sp³-hybridized carbons (Fsp3) is 0.364. The lowest BCUT2D eigenvalue weighted by atomic mass is 10.2. The van der Waals surface area contributed by atoms with E-state index in [4.69, 9.17) is 4.74 Å². The highest BCUT2D eigenvalue weighted by Gasteiger charge is 2.13. The van der Waals surface area contributed by atoms with Gasteiger partial charge in [-0.15, -0.1) is 0 Å². The first kappa shape index (κ1) is 14.0. The fourth-order valence-electron chi connectivity index (χ4n) is 1.15. The topological polar surface area (TPSA) is 81.5 Å². The number of nitrogens with zero attached hydrogens (tertiary/aromatic N) is 1. The number of hydrogen-bond donors (Lipinski definition) is 1. The molecule has 0 aromatic heterocycles. The van der Waals surface area contributed by atoms with Gasteiger partial charge in [-0.25, -0.2) is 4.39 Å². The number of carbonyl (C=O) groups is 1. The number of benzene rings is 1. The van der Waals surface area contributed by atoms with E-state index >= 15 is 0 Å². The van der Waals surface area contributed by atoms with Crippen LogP contribution in [0.5, 0.6) is 0 Å². The summed E-state index contributed by atoms with van der Waals surface area (Å²) in [6.07, 6.45) is -0.134. The number of anilines is 1. The maximum Gasteiger partial charge on any atom is 0.271 e. The van der Waals surface area contributed by atoms with E-state index in [1.807, 2.05) is 0 Å². The summed E-state index contributed by atoms with van der Waals surface area (Å²) in [5.41, 5.74) is -0.530. The molecule has 7 heteroatoms. The molecule has 0 aliphatic rings. The van der Waals surface area contributed by atoms with Gasteiger partial charge in [0, 0.05) is 12.1 Å². The first-order valence-corrected chi connectivity index (χ1v) is 5.25. The molecular weight excluding hydrogens is 243 g/mol. The Kier molecular flexibility index (Phi) is 4.73. The molecule has 0 spiro atoms. The number of amides is 1. The minimum absolute atomic E-state index is 0.134. The highest BCUT2D eigenvalue weighted by Crippen LogP contribution is 2.21. The van der Waals surface area contributed by atoms with Crippen LogP contribution in [0.4, 0.5) is 15.8 Å². The average Bonchev–Trinajstić information content (AvgIpc) is 2.29. The van der Waals surface area contributed by atoms with Crippen LogP contribution in [0.3, 0.4) is 0 Å². The quantitative estimate of drug-likeness (QED) is 0.646. The SMILES string of the molecule is CC(C)OCC(=O)Nc1cc([N+](=O)[O-])ccc1F. The van der Waals surface area contributed by atoms with Crippen molar-refractivity contribution < 1.29 is 18.8 Å². The smallest absolute Gasteiger partial charge is 0.271 e. The van der Waals surface area contributed by atoms with Crippen molar-refractivity contribution in [3.8, 4) is 0 Å². The van der Waals surface area contributed by atoms with Crippen LogP contribution < -0.4 is 5.32 Å². The molecule has 18 heavy (non-hydrogen) atoms. The van der Waals surface area contributed by atoms with Gasteiger partial charge in [-0.3, -0.25) is 14.9 Å². The summed E-state index contributed by atoms with van der Waals surface area (Å²) in [5.74, 6) is -1.30. The van der Waals surface area contributed by atoms with Crippen molar-refractivity contribution in [2.24, 2.45) is 0 Å². The third-order valence-corrected chi connectivity index (χ3v) is 1.98. The predicted molar refractivity (Wildman–Crippen MR) is 62.8 cm³/mol. The molecule has 0 radical (unpaired) electrons. The molecule has 0 aliphatic carbocycles. The monoisotopic (exact) mass is 256 g/mol. The maximum absolute atomic E-state index is 13.3. The van der Waals surface area contributed by atoms with Gasteiger partial charge in [-0.05, 0) is 19.9 Å². The van der Waals surface area contributed by atoms with E-state index in [9.17, 15) is 19.3 Å². The standard InChI is InChI=1S/C11H13FN2O4/c1-7(2)18-6-11(15)13-10-5-8(14(16)17)3-4-9(10)12/h3-5,7H,6H2,1-2H3,(H,13,15). The Morgan fingerprint density at radius 3 is 2.78 bits per heavy atom. The molecular formula is C11H13FN2O4. The van der Waals surface area contributed by atoms with E-state index in [0.717, 1.165) is 18.2 Å². The Hall–Kier alpha value is -2.02. The van der Waals surface area contributed by atoms with Gasteiger partial charge in [0.05, 0.1) is 16.7 Å². The molecule has 0 bridgehead atoms. The summed E-state index contributed by atoms with van der Waals surface area (Å²) in [7, 11) is 0. The molecule has 1 aromatic carbocycles. The van der Waals surface area contributed by atoms with E-state index in [0.29, 0.717) is 0 Å². The number of nitrogens with one attached hydrogen (secondary N) is 1. The minimum Gasteiger partial charge on any atom is -0.369 e. The van der Waals surface area contributed by atoms with Gasteiger partial charge in [0.25, 0.3) is 5.69 Å². The second-order valence-electron chi connectivity index (χ2n) is 3.83. The number of non-ortho nitro benzene ring substituents is 1. The third kappa shape index (κ3) is 4.10. The van der Waals surface area contributed by atoms with Crippen LogP contribution >= 0.6 is 0 Å². The molecule has 1 aromatic rings. The molecule has 0 atom stereocenters. The number of rotatable bonds is 5. The lowest BCUT2D eigenvalue weighted by molar-refractivity contribution is -0.384. The number of ether oxygens (including phenoxy) is 1. The Bertz CT molecular complexity index is 462. The van der Waals surface area contributed by atoms with E-state index < -0.39 is 16.6 Å². The van der Waals surface area contributed by atoms with Crippen molar-refractivity contribution in [2.45, 2.75) is 20.0 Å². The van der Waals surface area contributed by atoms with Crippen molar-refractivity contribution in [3.05, 3.63) is 34.1 Å². The predicted octanol–water partition coefficient (Wildman–Crippen LogP) is 2.10. The molecule has 0 aliphatic heterocycles. The summed E-state index contributed by atoms with van der Waals surface area (Å²) < 4.78 is 18.3. The summed E-state index contributed by atoms with van der Waals surface area (Å²) in [6.45, 7) is 3.27. The Morgan fingerprint density at radius 2 is 2.22 bits per heavy atom. The number of nitro benzene ring substituents is 1. The van der Waals surface area contributed by atoms with Gasteiger partial charge in [0.1, 0.15) is 12.4 Å². The Morgan fingerprint density at radius 1 is 1.56 bits per heavy atom. The molecule has 0 heterocycles. The molecule has 1 amide bonds. The second kappa shape index (κ2) is 6.06. The summed E-state index contributed by atoms with van der Waals surface area (Å²) in [4.78, 5) is 21.2. The minimum atomic E-state index is -0.738. The Balaban J connectivity index is 2.74. The van der Waals surface area contributed by atoms with E-state index in [2.05, 4.69) is 5.32 Å². The summed E-state index contributed by atoms with van der Waals surface area (Å²) >= 11 is 0. The Labute approximate surface area is 103 Å². The molecule has 0 saturated carbocycles. The van der Waals surface area contributed by atoms with Crippen LogP contribution in [-0.2, 0) is 9.53 Å². The number of nitro groups is 1. The molecule has 98 valence electrons. The van der Waals surface area contributed by atoms with Gasteiger partial charge < -0.3 is 10.1 Å². The number of hydrogen-bond acceptors (Lipinski definition) is 4. The first-order chi connectivity index (χ1) is 8.40. The van der Waals surface area contributed by atoms with E-state index in [1.54, 1.807) is 13.8 Å². The van der Waals surface area contributed by atoms with Gasteiger partial charge in [-0.2, -0.15) is 0 Å². The first-order valence-electron chi connectivity index (χ1n) is 5.25. The van der Waals surface area contributed by atoms with Gasteiger partial charge >= 0.3 is 0 Å². The lowest BCUT2D eigenvalue weighted by Crippen LogP contribution is -2.21. The van der Waals surface area contributed by atoms with E-state index in [-0.39, 0.29) is 24.1 Å². The maximum atomic E-state index is 13.3. The fourth-order valence-corrected chi connectivity index (χ4v) is 1.15. The second-order valence-corrected chi connectivity index (χ2v) is 3.83. The van der Waals surface area contributed by atoms with E-state index in [1.165, 1.54) is 0 Å². The van der Waals surface area contributed by atoms with Gasteiger partial charge in [0.2, 0.25) is 5.91 Å². The molecule has 0 fully saturated rings. The van der Waals surface area contributed by atoms with Crippen molar-refractivity contribution in [2.75, 3.05) is 11.9 Å². The van der Waals surface area contributed by atoms with Crippen LogP contribution in [0.1, 0.15) is 13.8 Å². The van der Waals surface area contributed by atoms with Gasteiger partial charge in [0.15, 0.2) is 0 Å². The van der Waals surface area contributed by atoms with Crippen LogP contribution in [0.15, 0.2) is 18.2 Å². The molecule has 6 nitrogen and oxygen atoms in total. The highest BCUT2D eigenvalue weighted by atomic mass is 19.1. The van der Waals surface area contributed by atoms with Crippen molar-refractivity contribution in [1.29, 1.82) is 0 Å². The number of carbonyl (C=O) groups excluding carboxylic acids is 1. The third-order valence-electron chi connectivity index (χ3n) is 1.98. The number of halogens is 1.